The average Bonchev–Trinajstić information content (AvgIpc) is 2.36. The molecule has 19 heavy (non-hydrogen) atoms. The van der Waals surface area contributed by atoms with Gasteiger partial charge in [0.15, 0.2) is 0 Å². The number of anilines is 2. The molecule has 0 spiro atoms. The Hall–Kier alpha value is -1.36. The van der Waals surface area contributed by atoms with E-state index >= 15 is 0 Å². The van der Waals surface area contributed by atoms with Crippen LogP contribution in [0.3, 0.4) is 0 Å². The van der Waals surface area contributed by atoms with Crippen molar-refractivity contribution in [2.24, 2.45) is 0 Å². The molecule has 108 valence electrons. The van der Waals surface area contributed by atoms with Crippen molar-refractivity contribution < 1.29 is 4.74 Å². The van der Waals surface area contributed by atoms with E-state index in [0.717, 1.165) is 43.3 Å². The van der Waals surface area contributed by atoms with Crippen LogP contribution in [0.1, 0.15) is 38.9 Å². The highest BCUT2D eigenvalue weighted by molar-refractivity contribution is 5.48. The summed E-state index contributed by atoms with van der Waals surface area (Å²) < 4.78 is 5.23. The molecule has 0 aliphatic heterocycles. The predicted molar refractivity (Wildman–Crippen MR) is 79.7 cm³/mol. The zero-order valence-electron chi connectivity index (χ0n) is 12.5. The number of aryl methyl sites for hydroxylation is 1. The molecular formula is C14H26N4O. The fraction of sp³-hybridized carbons (Fsp3) is 0.714. The Bertz CT molecular complexity index is 364. The van der Waals surface area contributed by atoms with E-state index in [1.54, 1.807) is 7.11 Å². The Kier molecular flexibility index (Phi) is 7.18. The second-order valence-electron chi connectivity index (χ2n) is 4.70. The van der Waals surface area contributed by atoms with Crippen molar-refractivity contribution in [3.63, 3.8) is 0 Å². The molecule has 1 heterocycles. The monoisotopic (exact) mass is 266 g/mol. The normalized spacial score (nSPS) is 12.2. The number of hydrogen-bond donors (Lipinski definition) is 2. The van der Waals surface area contributed by atoms with Gasteiger partial charge in [-0.3, -0.25) is 0 Å². The van der Waals surface area contributed by atoms with Crippen LogP contribution in [0.2, 0.25) is 0 Å². The fourth-order valence-corrected chi connectivity index (χ4v) is 1.94. The zero-order valence-corrected chi connectivity index (χ0v) is 12.5. The van der Waals surface area contributed by atoms with Crippen molar-refractivity contribution in [3.05, 3.63) is 11.9 Å². The first kappa shape index (κ1) is 15.7. The molecule has 1 aromatic rings. The molecule has 2 N–H and O–H groups in total. The van der Waals surface area contributed by atoms with E-state index in [1.165, 1.54) is 0 Å². The molecule has 0 amide bonds. The maximum absolute atomic E-state index is 5.23. The second-order valence-corrected chi connectivity index (χ2v) is 4.70. The summed E-state index contributed by atoms with van der Waals surface area (Å²) in [5, 5.41) is 6.71. The van der Waals surface area contributed by atoms with E-state index in [-0.39, 0.29) is 0 Å². The molecule has 0 saturated heterocycles. The Morgan fingerprint density at radius 1 is 1.21 bits per heavy atom. The van der Waals surface area contributed by atoms with Gasteiger partial charge in [0.05, 0.1) is 12.6 Å². The highest BCUT2D eigenvalue weighted by Gasteiger charge is 2.09. The van der Waals surface area contributed by atoms with Crippen LogP contribution in [0.15, 0.2) is 6.07 Å². The van der Waals surface area contributed by atoms with Crippen LogP contribution in [-0.4, -0.2) is 36.3 Å². The Balaban J connectivity index is 2.72. The maximum Gasteiger partial charge on any atom is 0.132 e. The first-order valence-electron chi connectivity index (χ1n) is 7.04. The molecular weight excluding hydrogens is 240 g/mol. The van der Waals surface area contributed by atoms with Gasteiger partial charge in [-0.05, 0) is 19.8 Å². The van der Waals surface area contributed by atoms with Gasteiger partial charge in [-0.25, -0.2) is 9.97 Å². The van der Waals surface area contributed by atoms with Crippen molar-refractivity contribution in [1.82, 2.24) is 9.97 Å². The molecule has 0 saturated carbocycles. The molecule has 1 aromatic heterocycles. The summed E-state index contributed by atoms with van der Waals surface area (Å²) in [6.07, 6.45) is 3.26. The van der Waals surface area contributed by atoms with Crippen LogP contribution < -0.4 is 10.6 Å². The van der Waals surface area contributed by atoms with Crippen LogP contribution in [0, 0.1) is 6.92 Å². The van der Waals surface area contributed by atoms with Crippen molar-refractivity contribution in [1.29, 1.82) is 0 Å². The minimum absolute atomic E-state index is 0.295. The first-order valence-corrected chi connectivity index (χ1v) is 7.04. The van der Waals surface area contributed by atoms with E-state index in [0.29, 0.717) is 12.6 Å². The largest absolute Gasteiger partial charge is 0.383 e. The second kappa shape index (κ2) is 8.69. The van der Waals surface area contributed by atoms with Crippen LogP contribution in [0.5, 0.6) is 0 Å². The van der Waals surface area contributed by atoms with Gasteiger partial charge in [0.2, 0.25) is 0 Å². The van der Waals surface area contributed by atoms with Crippen molar-refractivity contribution in [2.75, 3.05) is 30.9 Å². The number of ether oxygens (including phenoxy) is 1. The number of aromatic nitrogens is 2. The van der Waals surface area contributed by atoms with Gasteiger partial charge in [0, 0.05) is 19.7 Å². The third-order valence-electron chi connectivity index (χ3n) is 2.75. The van der Waals surface area contributed by atoms with Crippen LogP contribution >= 0.6 is 0 Å². The van der Waals surface area contributed by atoms with Crippen molar-refractivity contribution in [2.45, 2.75) is 46.1 Å². The van der Waals surface area contributed by atoms with E-state index < -0.39 is 0 Å². The lowest BCUT2D eigenvalue weighted by Gasteiger charge is -2.18. The van der Waals surface area contributed by atoms with Crippen LogP contribution in [0.25, 0.3) is 0 Å². The molecule has 1 unspecified atom stereocenters. The summed E-state index contributed by atoms with van der Waals surface area (Å²) >= 11 is 0. The van der Waals surface area contributed by atoms with Crippen molar-refractivity contribution >= 4 is 11.6 Å². The minimum Gasteiger partial charge on any atom is -0.383 e. The standard InChI is InChI=1S/C14H26N4O/c1-5-7-12(10-19-4)18-14-9-13(15-8-6-2)16-11(3)17-14/h9,12H,5-8,10H2,1-4H3,(H2,15,16,17,18). The molecule has 0 bridgehead atoms. The summed E-state index contributed by atoms with van der Waals surface area (Å²) in [5.74, 6) is 2.52. The molecule has 0 radical (unpaired) electrons. The van der Waals surface area contributed by atoms with E-state index in [9.17, 15) is 0 Å². The van der Waals surface area contributed by atoms with Crippen molar-refractivity contribution in [3.8, 4) is 0 Å². The smallest absolute Gasteiger partial charge is 0.132 e. The minimum atomic E-state index is 0.295. The number of rotatable bonds is 9. The number of hydrogen-bond acceptors (Lipinski definition) is 5. The Labute approximate surface area is 116 Å². The summed E-state index contributed by atoms with van der Waals surface area (Å²) in [6, 6.07) is 2.25. The number of nitrogens with one attached hydrogen (secondary N) is 2. The van der Waals surface area contributed by atoms with Gasteiger partial charge in [-0.15, -0.1) is 0 Å². The van der Waals surface area contributed by atoms with E-state index in [4.69, 9.17) is 4.74 Å². The molecule has 1 atom stereocenters. The quantitative estimate of drug-likeness (QED) is 0.719. The Morgan fingerprint density at radius 2 is 1.95 bits per heavy atom. The molecule has 0 aliphatic rings. The third-order valence-corrected chi connectivity index (χ3v) is 2.75. The number of methoxy groups -OCH3 is 1. The van der Waals surface area contributed by atoms with Crippen LogP contribution in [0.4, 0.5) is 11.6 Å². The lowest BCUT2D eigenvalue weighted by atomic mass is 10.2. The summed E-state index contributed by atoms with van der Waals surface area (Å²) in [7, 11) is 1.73. The highest BCUT2D eigenvalue weighted by atomic mass is 16.5. The molecule has 0 aromatic carbocycles. The topological polar surface area (TPSA) is 59.1 Å². The Morgan fingerprint density at radius 3 is 2.58 bits per heavy atom. The average molecular weight is 266 g/mol. The first-order chi connectivity index (χ1) is 9.19. The molecule has 0 fully saturated rings. The van der Waals surface area contributed by atoms with Crippen LogP contribution in [-0.2, 0) is 4.74 Å². The highest BCUT2D eigenvalue weighted by Crippen LogP contribution is 2.13. The zero-order chi connectivity index (χ0) is 14.1. The summed E-state index contributed by atoms with van der Waals surface area (Å²) in [5.41, 5.74) is 0. The van der Waals surface area contributed by atoms with Gasteiger partial charge >= 0.3 is 0 Å². The third kappa shape index (κ3) is 5.87. The molecule has 5 heteroatoms. The maximum atomic E-state index is 5.23. The fourth-order valence-electron chi connectivity index (χ4n) is 1.94. The SMILES string of the molecule is CCCNc1cc(NC(CCC)COC)nc(C)n1. The van der Waals surface area contributed by atoms with Gasteiger partial charge < -0.3 is 15.4 Å². The summed E-state index contributed by atoms with van der Waals surface area (Å²) in [6.45, 7) is 7.83. The lowest BCUT2D eigenvalue weighted by molar-refractivity contribution is 0.182. The lowest BCUT2D eigenvalue weighted by Crippen LogP contribution is -2.25. The predicted octanol–water partition coefficient (Wildman–Crippen LogP) is 2.83. The van der Waals surface area contributed by atoms with Gasteiger partial charge in [-0.1, -0.05) is 20.3 Å². The number of nitrogens with zero attached hydrogens (tertiary/aromatic N) is 2. The molecule has 5 nitrogen and oxygen atoms in total. The van der Waals surface area contributed by atoms with Gasteiger partial charge in [0.1, 0.15) is 17.5 Å². The molecule has 0 aliphatic carbocycles. The molecule has 1 rings (SSSR count). The van der Waals surface area contributed by atoms with Gasteiger partial charge in [-0.2, -0.15) is 0 Å². The van der Waals surface area contributed by atoms with E-state index in [2.05, 4.69) is 34.4 Å². The summed E-state index contributed by atoms with van der Waals surface area (Å²) in [4.78, 5) is 8.81. The van der Waals surface area contributed by atoms with Gasteiger partial charge in [0.25, 0.3) is 0 Å². The van der Waals surface area contributed by atoms with E-state index in [1.807, 2.05) is 13.0 Å².